The summed E-state index contributed by atoms with van der Waals surface area (Å²) in [4.78, 5) is 17.4. The third kappa shape index (κ3) is 4.59. The highest BCUT2D eigenvalue weighted by Crippen LogP contribution is 2.31. The molecule has 1 aliphatic heterocycles. The number of ether oxygens (including phenoxy) is 1. The van der Waals surface area contributed by atoms with Gasteiger partial charge in [-0.1, -0.05) is 15.9 Å². The minimum Gasteiger partial charge on any atom is -0.472 e. The fraction of sp³-hybridized carbons (Fsp3) is 0.571. The molecule has 0 aromatic carbocycles. The Hall–Kier alpha value is -1.31. The summed E-state index contributed by atoms with van der Waals surface area (Å²) in [6, 6.07) is 1.78. The molecule has 4 nitrogen and oxygen atoms in total. The second-order valence-electron chi connectivity index (χ2n) is 5.04. The number of hydrogen-bond acceptors (Lipinski definition) is 3. The zero-order valence-corrected chi connectivity index (χ0v) is 13.4. The van der Waals surface area contributed by atoms with Crippen LogP contribution in [0.5, 0.6) is 5.88 Å². The zero-order chi connectivity index (χ0) is 16.2. The molecule has 1 aromatic rings. The number of alkyl halides is 4. The molecule has 2 rings (SSSR count). The van der Waals surface area contributed by atoms with E-state index in [9.17, 15) is 18.0 Å². The Bertz CT molecular complexity index is 525. The Morgan fingerprint density at radius 1 is 1.50 bits per heavy atom. The molecule has 22 heavy (non-hydrogen) atoms. The summed E-state index contributed by atoms with van der Waals surface area (Å²) < 4.78 is 43.4. The summed E-state index contributed by atoms with van der Waals surface area (Å²) in [7, 11) is 0. The summed E-state index contributed by atoms with van der Waals surface area (Å²) in [5.41, 5.74) is -0.791. The Morgan fingerprint density at radius 3 is 2.95 bits per heavy atom. The van der Waals surface area contributed by atoms with E-state index in [0.29, 0.717) is 25.9 Å². The first-order chi connectivity index (χ1) is 10.4. The molecule has 1 aliphatic rings. The largest absolute Gasteiger partial charge is 0.472 e. The molecule has 1 aromatic heterocycles. The molecule has 0 saturated carbocycles. The van der Waals surface area contributed by atoms with E-state index in [1.807, 2.05) is 0 Å². The Balaban J connectivity index is 1.92. The van der Waals surface area contributed by atoms with Crippen molar-refractivity contribution in [3.63, 3.8) is 0 Å². The van der Waals surface area contributed by atoms with Gasteiger partial charge in [0.2, 0.25) is 11.8 Å². The standard InChI is InChI=1S/C14H16BrF3N2O2/c15-5-1-2-13(21)20-7-4-11(9-20)22-12-8-10(3-6-19-12)14(16,17)18/h3,6,8,11H,1-2,4-5,7,9H2. The van der Waals surface area contributed by atoms with Crippen molar-refractivity contribution in [3.8, 4) is 5.88 Å². The van der Waals surface area contributed by atoms with Crippen LogP contribution in [0.25, 0.3) is 0 Å². The molecule has 1 atom stereocenters. The molecular formula is C14H16BrF3N2O2. The predicted molar refractivity (Wildman–Crippen MR) is 77.9 cm³/mol. The Morgan fingerprint density at radius 2 is 2.27 bits per heavy atom. The molecule has 8 heteroatoms. The van der Waals surface area contributed by atoms with Gasteiger partial charge in [0.1, 0.15) is 6.10 Å². The van der Waals surface area contributed by atoms with Crippen molar-refractivity contribution in [2.75, 3.05) is 18.4 Å². The van der Waals surface area contributed by atoms with Gasteiger partial charge in [0, 0.05) is 37.0 Å². The van der Waals surface area contributed by atoms with Crippen LogP contribution in [0.2, 0.25) is 0 Å². The van der Waals surface area contributed by atoms with Crippen LogP contribution in [0.4, 0.5) is 13.2 Å². The normalized spacial score (nSPS) is 18.5. The topological polar surface area (TPSA) is 42.4 Å². The van der Waals surface area contributed by atoms with Crippen LogP contribution < -0.4 is 4.74 Å². The lowest BCUT2D eigenvalue weighted by atomic mass is 10.2. The van der Waals surface area contributed by atoms with Gasteiger partial charge in [0.05, 0.1) is 12.1 Å². The second-order valence-corrected chi connectivity index (χ2v) is 5.83. The molecule has 122 valence electrons. The molecule has 1 amide bonds. The van der Waals surface area contributed by atoms with Crippen LogP contribution in [0.15, 0.2) is 18.3 Å². The highest BCUT2D eigenvalue weighted by molar-refractivity contribution is 9.09. The number of halogens is 4. The molecule has 0 radical (unpaired) electrons. The monoisotopic (exact) mass is 380 g/mol. The molecule has 2 heterocycles. The van der Waals surface area contributed by atoms with Crippen molar-refractivity contribution in [2.24, 2.45) is 0 Å². The van der Waals surface area contributed by atoms with Crippen molar-refractivity contribution in [1.82, 2.24) is 9.88 Å². The van der Waals surface area contributed by atoms with Gasteiger partial charge in [-0.05, 0) is 12.5 Å². The summed E-state index contributed by atoms with van der Waals surface area (Å²) in [6.45, 7) is 0.948. The van der Waals surface area contributed by atoms with E-state index < -0.39 is 11.7 Å². The number of aromatic nitrogens is 1. The predicted octanol–water partition coefficient (Wildman–Crippen LogP) is 3.26. The number of likely N-dealkylation sites (tertiary alicyclic amines) is 1. The summed E-state index contributed by atoms with van der Waals surface area (Å²) in [5.74, 6) is -0.0165. The molecule has 0 N–H and O–H groups in total. The lowest BCUT2D eigenvalue weighted by Crippen LogP contribution is -2.30. The maximum atomic E-state index is 12.6. The van der Waals surface area contributed by atoms with Crippen LogP contribution in [0.3, 0.4) is 0 Å². The van der Waals surface area contributed by atoms with Gasteiger partial charge >= 0.3 is 6.18 Å². The van der Waals surface area contributed by atoms with E-state index in [1.165, 1.54) is 0 Å². The average Bonchev–Trinajstić information content (AvgIpc) is 2.92. The number of rotatable bonds is 5. The highest BCUT2D eigenvalue weighted by Gasteiger charge is 2.32. The fourth-order valence-electron chi connectivity index (χ4n) is 2.25. The quantitative estimate of drug-likeness (QED) is 0.736. The Kier molecular flexibility index (Phi) is 5.66. The molecule has 0 bridgehead atoms. The first-order valence-corrected chi connectivity index (χ1v) is 8.06. The summed E-state index contributed by atoms with van der Waals surface area (Å²) >= 11 is 3.27. The highest BCUT2D eigenvalue weighted by atomic mass is 79.9. The van der Waals surface area contributed by atoms with Gasteiger partial charge in [-0.3, -0.25) is 4.79 Å². The summed E-state index contributed by atoms with van der Waals surface area (Å²) in [6.07, 6.45) is -1.85. The first kappa shape index (κ1) is 17.1. The van der Waals surface area contributed by atoms with Crippen molar-refractivity contribution in [2.45, 2.75) is 31.5 Å². The van der Waals surface area contributed by atoms with Gasteiger partial charge in [-0.25, -0.2) is 4.98 Å². The number of nitrogens with zero attached hydrogens (tertiary/aromatic N) is 2. The molecular weight excluding hydrogens is 365 g/mol. The van der Waals surface area contributed by atoms with Crippen LogP contribution in [0.1, 0.15) is 24.8 Å². The van der Waals surface area contributed by atoms with Gasteiger partial charge < -0.3 is 9.64 Å². The van der Waals surface area contributed by atoms with Crippen LogP contribution in [-0.4, -0.2) is 40.3 Å². The SMILES string of the molecule is O=C(CCCBr)N1CCC(Oc2cc(C(F)(F)F)ccn2)C1. The third-order valence-corrected chi connectivity index (χ3v) is 3.93. The number of carbonyl (C=O) groups is 1. The van der Waals surface area contributed by atoms with Gasteiger partial charge in [0.15, 0.2) is 0 Å². The molecule has 1 fully saturated rings. The van der Waals surface area contributed by atoms with E-state index >= 15 is 0 Å². The molecule has 1 saturated heterocycles. The minimum atomic E-state index is -4.42. The van der Waals surface area contributed by atoms with Crippen LogP contribution >= 0.6 is 15.9 Å². The van der Waals surface area contributed by atoms with E-state index in [4.69, 9.17) is 4.74 Å². The van der Waals surface area contributed by atoms with E-state index in [2.05, 4.69) is 20.9 Å². The number of carbonyl (C=O) groups excluding carboxylic acids is 1. The maximum Gasteiger partial charge on any atom is 0.416 e. The van der Waals surface area contributed by atoms with Crippen LogP contribution in [0, 0.1) is 0 Å². The van der Waals surface area contributed by atoms with E-state index in [1.54, 1.807) is 4.90 Å². The van der Waals surface area contributed by atoms with Crippen molar-refractivity contribution in [1.29, 1.82) is 0 Å². The minimum absolute atomic E-state index is 0.0440. The van der Waals surface area contributed by atoms with E-state index in [0.717, 1.165) is 30.1 Å². The number of hydrogen-bond donors (Lipinski definition) is 0. The lowest BCUT2D eigenvalue weighted by Gasteiger charge is -2.17. The van der Waals surface area contributed by atoms with Crippen LogP contribution in [-0.2, 0) is 11.0 Å². The Labute approximate surface area is 134 Å². The van der Waals surface area contributed by atoms with Crippen molar-refractivity contribution in [3.05, 3.63) is 23.9 Å². The first-order valence-electron chi connectivity index (χ1n) is 6.94. The van der Waals surface area contributed by atoms with Crippen molar-refractivity contribution < 1.29 is 22.7 Å². The average molecular weight is 381 g/mol. The maximum absolute atomic E-state index is 12.6. The zero-order valence-electron chi connectivity index (χ0n) is 11.8. The van der Waals surface area contributed by atoms with Gasteiger partial charge in [0.25, 0.3) is 0 Å². The third-order valence-electron chi connectivity index (χ3n) is 3.37. The number of pyridine rings is 1. The van der Waals surface area contributed by atoms with Gasteiger partial charge in [-0.15, -0.1) is 0 Å². The van der Waals surface area contributed by atoms with Gasteiger partial charge in [-0.2, -0.15) is 13.2 Å². The fourth-order valence-corrected chi connectivity index (χ4v) is 2.53. The summed E-state index contributed by atoms with van der Waals surface area (Å²) in [5, 5.41) is 0.765. The molecule has 0 aliphatic carbocycles. The smallest absolute Gasteiger partial charge is 0.416 e. The second kappa shape index (κ2) is 7.30. The van der Waals surface area contributed by atoms with Crippen molar-refractivity contribution >= 4 is 21.8 Å². The lowest BCUT2D eigenvalue weighted by molar-refractivity contribution is -0.137. The molecule has 0 spiro atoms. The molecule has 1 unspecified atom stereocenters. The van der Waals surface area contributed by atoms with E-state index in [-0.39, 0.29) is 17.9 Å². The number of amides is 1.